The summed E-state index contributed by atoms with van der Waals surface area (Å²) in [6, 6.07) is -3.24. The SMILES string of the molecule is O=S(=O)([O-])c1c(C(F)(F)F)cc(C(F)(F)F)c(Cc2c(C(F)(F)F)cc(C(F)(F)F)c(S(=O)(=O)[O-])c2C(F)(F)F)c1C(F)(F)F. The highest BCUT2D eigenvalue weighted by molar-refractivity contribution is 7.86. The number of alkyl halides is 18. The van der Waals surface area contributed by atoms with Crippen LogP contribution in [0.25, 0.3) is 0 Å². The monoisotopic (exact) mass is 734 g/mol. The zero-order valence-corrected chi connectivity index (χ0v) is 21.6. The first-order valence-corrected chi connectivity index (χ1v) is 13.0. The number of hydrogen-bond acceptors (Lipinski definition) is 6. The summed E-state index contributed by atoms with van der Waals surface area (Å²) in [5, 5.41) is 0. The van der Waals surface area contributed by atoms with Crippen molar-refractivity contribution in [3.05, 3.63) is 56.6 Å². The minimum atomic E-state index is -7.34. The molecule has 0 unspecified atom stereocenters. The molecule has 0 aromatic heterocycles. The van der Waals surface area contributed by atoms with Crippen LogP contribution in [0.15, 0.2) is 21.9 Å². The van der Waals surface area contributed by atoms with Crippen LogP contribution in [-0.2, 0) is 63.7 Å². The van der Waals surface area contributed by atoms with Crippen molar-refractivity contribution in [2.24, 2.45) is 0 Å². The standard InChI is InChI=1S/C19H6F18O6S2/c20-14(21,22)6-2-8(16(26,27)28)12(44(38,39)40)10(18(32,33)34)4(6)1-5-7(15(23,24)25)3-9(17(29,30)31)13(45(41,42)43)11(5)19(35,36)37/h2-3H,1H2,(H,38,39,40)(H,41,42,43)/p-2. The summed E-state index contributed by atoms with van der Waals surface area (Å²) in [5.74, 6) is 0. The quantitative estimate of drug-likeness (QED) is 0.243. The van der Waals surface area contributed by atoms with Crippen LogP contribution in [0.1, 0.15) is 44.5 Å². The molecule has 0 amide bonds. The third-order valence-corrected chi connectivity index (χ3v) is 7.26. The molecule has 6 nitrogen and oxygen atoms in total. The van der Waals surface area contributed by atoms with E-state index >= 15 is 0 Å². The fourth-order valence-electron chi connectivity index (χ4n) is 4.00. The summed E-state index contributed by atoms with van der Waals surface area (Å²) in [6.45, 7) is 0. The largest absolute Gasteiger partial charge is 0.744 e. The first-order chi connectivity index (χ1) is 19.4. The molecule has 0 aliphatic heterocycles. The molecule has 2 aromatic carbocycles. The van der Waals surface area contributed by atoms with Gasteiger partial charge in [-0.1, -0.05) is 0 Å². The average Bonchev–Trinajstić information content (AvgIpc) is 2.71. The van der Waals surface area contributed by atoms with Gasteiger partial charge in [0, 0.05) is 0 Å². The molecule has 0 saturated heterocycles. The van der Waals surface area contributed by atoms with Gasteiger partial charge in [0.2, 0.25) is 0 Å². The molecule has 0 saturated carbocycles. The van der Waals surface area contributed by atoms with Crippen LogP contribution < -0.4 is 0 Å². The molecule has 0 atom stereocenters. The van der Waals surface area contributed by atoms with Gasteiger partial charge in [-0.3, -0.25) is 0 Å². The van der Waals surface area contributed by atoms with E-state index in [0.29, 0.717) is 0 Å². The fourth-order valence-corrected chi connectivity index (χ4v) is 5.86. The van der Waals surface area contributed by atoms with Crippen molar-refractivity contribution in [2.75, 3.05) is 0 Å². The number of benzene rings is 2. The lowest BCUT2D eigenvalue weighted by Crippen LogP contribution is -2.28. The Kier molecular flexibility index (Phi) is 9.15. The van der Waals surface area contributed by atoms with Gasteiger partial charge in [-0.05, 0) is 29.7 Å². The van der Waals surface area contributed by atoms with Crippen LogP contribution in [0.3, 0.4) is 0 Å². The van der Waals surface area contributed by atoms with Crippen LogP contribution in [0.2, 0.25) is 0 Å². The Bertz CT molecular complexity index is 1590. The second-order valence-corrected chi connectivity index (χ2v) is 11.0. The third-order valence-electron chi connectivity index (χ3n) is 5.42. The van der Waals surface area contributed by atoms with Crippen LogP contribution in [-0.4, -0.2) is 25.9 Å². The van der Waals surface area contributed by atoms with E-state index in [-0.39, 0.29) is 0 Å². The lowest BCUT2D eigenvalue weighted by atomic mass is 9.86. The van der Waals surface area contributed by atoms with Crippen LogP contribution in [0.5, 0.6) is 0 Å². The minimum Gasteiger partial charge on any atom is -0.744 e. The summed E-state index contributed by atoms with van der Waals surface area (Å²) >= 11 is 0. The molecule has 0 fully saturated rings. The molecule has 256 valence electrons. The van der Waals surface area contributed by atoms with Gasteiger partial charge in [0.05, 0.1) is 43.2 Å². The lowest BCUT2D eigenvalue weighted by Gasteiger charge is -2.29. The van der Waals surface area contributed by atoms with E-state index in [1.807, 2.05) is 0 Å². The van der Waals surface area contributed by atoms with Gasteiger partial charge in [0.1, 0.15) is 20.2 Å². The van der Waals surface area contributed by atoms with Gasteiger partial charge in [0.25, 0.3) is 0 Å². The smallest absolute Gasteiger partial charge is 0.417 e. The van der Waals surface area contributed by atoms with E-state index in [4.69, 9.17) is 0 Å². The summed E-state index contributed by atoms with van der Waals surface area (Å²) in [6.07, 6.45) is -44.2. The van der Waals surface area contributed by atoms with Crippen molar-refractivity contribution >= 4 is 20.2 Å². The van der Waals surface area contributed by atoms with Crippen molar-refractivity contribution in [1.29, 1.82) is 0 Å². The molecular weight excluding hydrogens is 730 g/mol. The van der Waals surface area contributed by atoms with Crippen molar-refractivity contribution in [3.8, 4) is 0 Å². The molecule has 0 radical (unpaired) electrons. The van der Waals surface area contributed by atoms with E-state index in [2.05, 4.69) is 0 Å². The predicted molar refractivity (Wildman–Crippen MR) is 102 cm³/mol. The Morgan fingerprint density at radius 1 is 0.422 bits per heavy atom. The normalized spacial score (nSPS) is 14.7. The Morgan fingerprint density at radius 2 is 0.644 bits per heavy atom. The Labute approximate surface area is 235 Å². The first-order valence-electron chi connectivity index (χ1n) is 10.2. The Balaban J connectivity index is 3.58. The van der Waals surface area contributed by atoms with Gasteiger partial charge < -0.3 is 9.11 Å². The molecule has 0 heterocycles. The van der Waals surface area contributed by atoms with E-state index in [0.717, 1.165) is 0 Å². The molecule has 0 bridgehead atoms. The van der Waals surface area contributed by atoms with Crippen molar-refractivity contribution in [1.82, 2.24) is 0 Å². The molecule has 0 spiro atoms. The van der Waals surface area contributed by atoms with Crippen LogP contribution in [0.4, 0.5) is 79.0 Å². The number of hydrogen-bond donors (Lipinski definition) is 0. The van der Waals surface area contributed by atoms with Gasteiger partial charge in [-0.2, -0.15) is 79.0 Å². The molecular formula is C19H4F18O6S2-2. The van der Waals surface area contributed by atoms with Gasteiger partial charge >= 0.3 is 37.1 Å². The van der Waals surface area contributed by atoms with E-state index < -0.39 is 130 Å². The van der Waals surface area contributed by atoms with Gasteiger partial charge in [-0.25, -0.2) is 16.8 Å². The number of halogens is 18. The van der Waals surface area contributed by atoms with E-state index in [1.54, 1.807) is 0 Å². The molecule has 2 rings (SSSR count). The third kappa shape index (κ3) is 7.87. The van der Waals surface area contributed by atoms with Crippen molar-refractivity contribution in [2.45, 2.75) is 53.3 Å². The highest BCUT2D eigenvalue weighted by Gasteiger charge is 2.53. The van der Waals surface area contributed by atoms with Crippen LogP contribution in [0, 0.1) is 0 Å². The summed E-state index contributed by atoms with van der Waals surface area (Å²) in [7, 11) is -14.7. The summed E-state index contributed by atoms with van der Waals surface area (Å²) < 4.78 is 316. The fraction of sp³-hybridized carbons (Fsp3) is 0.368. The highest BCUT2D eigenvalue weighted by atomic mass is 32.2. The second kappa shape index (κ2) is 10.8. The summed E-state index contributed by atoms with van der Waals surface area (Å²) in [5.41, 5.74) is -28.7. The average molecular weight is 734 g/mol. The molecule has 0 aliphatic carbocycles. The molecule has 26 heteroatoms. The van der Waals surface area contributed by atoms with Gasteiger partial charge in [0.15, 0.2) is 0 Å². The molecule has 0 aliphatic rings. The maximum atomic E-state index is 14.0. The maximum Gasteiger partial charge on any atom is 0.417 e. The Morgan fingerprint density at radius 3 is 0.800 bits per heavy atom. The minimum absolute atomic E-state index is 1.62. The predicted octanol–water partition coefficient (Wildman–Crippen LogP) is 7.20. The zero-order valence-electron chi connectivity index (χ0n) is 19.9. The van der Waals surface area contributed by atoms with E-state index in [1.165, 1.54) is 0 Å². The second-order valence-electron chi connectivity index (χ2n) is 8.38. The van der Waals surface area contributed by atoms with Crippen molar-refractivity contribution < 1.29 is 105 Å². The molecule has 2 aromatic rings. The first kappa shape index (κ1) is 38.2. The zero-order chi connectivity index (χ0) is 35.9. The highest BCUT2D eigenvalue weighted by Crippen LogP contribution is 2.52. The number of rotatable bonds is 4. The molecule has 45 heavy (non-hydrogen) atoms. The maximum absolute atomic E-state index is 14.0. The van der Waals surface area contributed by atoms with Gasteiger partial charge in [-0.15, -0.1) is 0 Å². The lowest BCUT2D eigenvalue weighted by molar-refractivity contribution is -0.154. The summed E-state index contributed by atoms with van der Waals surface area (Å²) in [4.78, 5) is -7.40. The van der Waals surface area contributed by atoms with Crippen molar-refractivity contribution in [3.63, 3.8) is 0 Å². The Hall–Kier alpha value is -3.00. The topological polar surface area (TPSA) is 114 Å². The molecule has 0 N–H and O–H groups in total. The van der Waals surface area contributed by atoms with Crippen LogP contribution >= 0.6 is 0 Å². The van der Waals surface area contributed by atoms with E-state index in [9.17, 15) is 105 Å².